The number of aliphatic hydroxyl groups is 1. The highest BCUT2D eigenvalue weighted by molar-refractivity contribution is 6.03. The lowest BCUT2D eigenvalue weighted by Crippen LogP contribution is -2.59. The summed E-state index contributed by atoms with van der Waals surface area (Å²) in [5.41, 5.74) is 0.294. The first-order chi connectivity index (χ1) is 21.5. The Morgan fingerprint density at radius 3 is 2.25 bits per heavy atom. The van der Waals surface area contributed by atoms with Crippen LogP contribution < -0.4 is 4.90 Å². The molecular weight excluding hydrogens is 554 g/mol. The molecule has 6 atom stereocenters. The molecule has 6 rings (SSSR count). The minimum absolute atomic E-state index is 0.0446. The number of likely N-dealkylation sites (tertiary alicyclic amines) is 1. The number of carbonyl (C=O) groups excluding carboxylic acids is 3. The highest BCUT2D eigenvalue weighted by atomic mass is 16.5. The molecule has 2 aromatic carbocycles. The zero-order valence-electron chi connectivity index (χ0n) is 25.3. The summed E-state index contributed by atoms with van der Waals surface area (Å²) in [6.45, 7) is 8.11. The number of benzene rings is 2. The van der Waals surface area contributed by atoms with Crippen LogP contribution in [0.25, 0.3) is 0 Å². The van der Waals surface area contributed by atoms with Crippen LogP contribution in [0.3, 0.4) is 0 Å². The zero-order chi connectivity index (χ0) is 30.8. The van der Waals surface area contributed by atoms with E-state index in [4.69, 9.17) is 4.74 Å². The number of rotatable bonds is 11. The summed E-state index contributed by atoms with van der Waals surface area (Å²) in [5, 5.41) is 10.8. The van der Waals surface area contributed by atoms with Crippen molar-refractivity contribution >= 4 is 23.4 Å². The SMILES string of the molecule is C=CCN(C(=O)[C@@H]1[C@@H]2CCC3(O2)C(C(=O)N(CC=C)C2CCCCC2)N([C@H](CO)c2ccccc2)C(=O)[C@H]13)c1ccccc1. The summed E-state index contributed by atoms with van der Waals surface area (Å²) in [5.74, 6) is -2.28. The maximum absolute atomic E-state index is 14.9. The van der Waals surface area contributed by atoms with Gasteiger partial charge in [0.2, 0.25) is 17.7 Å². The van der Waals surface area contributed by atoms with Gasteiger partial charge in [0.05, 0.1) is 30.6 Å². The Bertz CT molecular complexity index is 1380. The van der Waals surface area contributed by atoms with Crippen LogP contribution in [0.1, 0.15) is 56.6 Å². The van der Waals surface area contributed by atoms with E-state index in [0.29, 0.717) is 19.4 Å². The maximum Gasteiger partial charge on any atom is 0.248 e. The fourth-order valence-corrected chi connectivity index (χ4v) is 8.36. The van der Waals surface area contributed by atoms with Gasteiger partial charge >= 0.3 is 0 Å². The molecule has 3 aliphatic heterocycles. The van der Waals surface area contributed by atoms with Gasteiger partial charge in [-0.3, -0.25) is 14.4 Å². The van der Waals surface area contributed by atoms with Gasteiger partial charge in [-0.15, -0.1) is 13.2 Å². The molecule has 1 aliphatic carbocycles. The lowest BCUT2D eigenvalue weighted by Gasteiger charge is -2.42. The van der Waals surface area contributed by atoms with Crippen LogP contribution in [0.2, 0.25) is 0 Å². The Balaban J connectivity index is 1.44. The van der Waals surface area contributed by atoms with E-state index < -0.39 is 35.6 Å². The van der Waals surface area contributed by atoms with E-state index >= 15 is 0 Å². The molecule has 3 amide bonds. The number of ether oxygens (including phenoxy) is 1. The molecule has 0 radical (unpaired) electrons. The second-order valence-corrected chi connectivity index (χ2v) is 12.6. The first kappa shape index (κ1) is 30.3. The molecule has 2 bridgehead atoms. The molecular formula is C36H43N3O5. The number of para-hydroxylation sites is 1. The van der Waals surface area contributed by atoms with Crippen LogP contribution in [0, 0.1) is 11.8 Å². The molecule has 2 unspecified atom stereocenters. The van der Waals surface area contributed by atoms with Crippen molar-refractivity contribution in [3.05, 3.63) is 91.5 Å². The number of hydrogen-bond donors (Lipinski definition) is 1. The molecule has 44 heavy (non-hydrogen) atoms. The lowest BCUT2D eigenvalue weighted by molar-refractivity contribution is -0.153. The third-order valence-electron chi connectivity index (χ3n) is 10.2. The third-order valence-corrected chi connectivity index (χ3v) is 10.2. The predicted octanol–water partition coefficient (Wildman–Crippen LogP) is 4.66. The maximum atomic E-state index is 14.9. The highest BCUT2D eigenvalue weighted by Crippen LogP contribution is 2.60. The van der Waals surface area contributed by atoms with E-state index in [1.807, 2.05) is 65.6 Å². The smallest absolute Gasteiger partial charge is 0.248 e. The normalized spacial score (nSPS) is 28.4. The molecule has 4 aliphatic rings. The topological polar surface area (TPSA) is 90.4 Å². The quantitative estimate of drug-likeness (QED) is 0.381. The molecule has 1 saturated carbocycles. The van der Waals surface area contributed by atoms with E-state index in [9.17, 15) is 19.5 Å². The molecule has 1 spiro atoms. The van der Waals surface area contributed by atoms with Gasteiger partial charge in [-0.2, -0.15) is 0 Å². The predicted molar refractivity (Wildman–Crippen MR) is 168 cm³/mol. The number of aliphatic hydroxyl groups excluding tert-OH is 1. The zero-order valence-corrected chi connectivity index (χ0v) is 25.3. The second kappa shape index (κ2) is 12.7. The Morgan fingerprint density at radius 2 is 1.61 bits per heavy atom. The van der Waals surface area contributed by atoms with Crippen LogP contribution in [0.4, 0.5) is 5.69 Å². The summed E-state index contributed by atoms with van der Waals surface area (Å²) < 4.78 is 6.77. The van der Waals surface area contributed by atoms with Gasteiger partial charge in [-0.05, 0) is 43.4 Å². The van der Waals surface area contributed by atoms with Gasteiger partial charge < -0.3 is 24.5 Å². The minimum Gasteiger partial charge on any atom is -0.394 e. The summed E-state index contributed by atoms with van der Waals surface area (Å²) in [6.07, 6.45) is 9.06. The number of fused-ring (bicyclic) bond motifs is 1. The van der Waals surface area contributed by atoms with Crippen molar-refractivity contribution in [2.24, 2.45) is 11.8 Å². The standard InChI is InChI=1S/C36H43N3O5/c1-3-22-37(26-16-10-6-11-17-26)33(41)30-29-20-21-36(44-29)31(30)34(42)39(28(24-40)25-14-8-5-9-15-25)32(36)35(43)38(23-4-2)27-18-12-7-13-19-27/h3-6,8-11,14-17,27-32,40H,1-2,7,12-13,18-24H2/t28-,29+,30-,31+,32?,36?/m1/s1. The molecule has 232 valence electrons. The van der Waals surface area contributed by atoms with Gasteiger partial charge in [0.25, 0.3) is 0 Å². The lowest BCUT2D eigenvalue weighted by atomic mass is 9.70. The monoisotopic (exact) mass is 597 g/mol. The Hall–Kier alpha value is -3.75. The Kier molecular flexibility index (Phi) is 8.74. The van der Waals surface area contributed by atoms with Crippen molar-refractivity contribution in [3.8, 4) is 0 Å². The van der Waals surface area contributed by atoms with Crippen molar-refractivity contribution in [2.75, 3.05) is 24.6 Å². The van der Waals surface area contributed by atoms with Crippen LogP contribution in [0.5, 0.6) is 0 Å². The minimum atomic E-state index is -1.16. The highest BCUT2D eigenvalue weighted by Gasteiger charge is 2.75. The summed E-state index contributed by atoms with van der Waals surface area (Å²) in [4.78, 5) is 49.3. The van der Waals surface area contributed by atoms with Crippen molar-refractivity contribution in [3.63, 3.8) is 0 Å². The van der Waals surface area contributed by atoms with Crippen molar-refractivity contribution in [1.29, 1.82) is 0 Å². The molecule has 2 aromatic rings. The average Bonchev–Trinajstić information content (AvgIpc) is 3.71. The van der Waals surface area contributed by atoms with Gasteiger partial charge in [-0.25, -0.2) is 0 Å². The molecule has 8 heteroatoms. The summed E-state index contributed by atoms with van der Waals surface area (Å²) in [7, 11) is 0. The third kappa shape index (κ3) is 4.98. The number of carbonyl (C=O) groups is 3. The Morgan fingerprint density at radius 1 is 0.955 bits per heavy atom. The first-order valence-corrected chi connectivity index (χ1v) is 16.0. The summed E-state index contributed by atoms with van der Waals surface area (Å²) >= 11 is 0. The van der Waals surface area contributed by atoms with E-state index in [2.05, 4.69) is 13.2 Å². The van der Waals surface area contributed by atoms with E-state index in [1.54, 1.807) is 22.0 Å². The number of anilines is 1. The van der Waals surface area contributed by atoms with Gasteiger partial charge in [0.1, 0.15) is 11.6 Å². The van der Waals surface area contributed by atoms with Gasteiger partial charge in [0, 0.05) is 24.8 Å². The Labute approximate surface area is 260 Å². The van der Waals surface area contributed by atoms with Crippen LogP contribution in [-0.2, 0) is 19.1 Å². The van der Waals surface area contributed by atoms with Crippen molar-refractivity contribution in [2.45, 2.75) is 74.8 Å². The van der Waals surface area contributed by atoms with Gasteiger partial charge in [0.15, 0.2) is 0 Å². The molecule has 0 aromatic heterocycles. The van der Waals surface area contributed by atoms with Crippen molar-refractivity contribution < 1.29 is 24.2 Å². The number of hydrogen-bond acceptors (Lipinski definition) is 5. The van der Waals surface area contributed by atoms with Crippen molar-refractivity contribution in [1.82, 2.24) is 9.80 Å². The molecule has 3 heterocycles. The largest absolute Gasteiger partial charge is 0.394 e. The van der Waals surface area contributed by atoms with E-state index in [0.717, 1.165) is 43.4 Å². The fourth-order valence-electron chi connectivity index (χ4n) is 8.36. The molecule has 4 fully saturated rings. The molecule has 3 saturated heterocycles. The van der Waals surface area contributed by atoms with Crippen LogP contribution in [-0.4, -0.2) is 76.1 Å². The molecule has 8 nitrogen and oxygen atoms in total. The number of nitrogens with zero attached hydrogens (tertiary/aromatic N) is 3. The van der Waals surface area contributed by atoms with Crippen LogP contribution >= 0.6 is 0 Å². The first-order valence-electron chi connectivity index (χ1n) is 16.0. The molecule has 1 N–H and O–H groups in total. The summed E-state index contributed by atoms with van der Waals surface area (Å²) in [6, 6.07) is 17.0. The van der Waals surface area contributed by atoms with E-state index in [1.165, 1.54) is 0 Å². The average molecular weight is 598 g/mol. The second-order valence-electron chi connectivity index (χ2n) is 12.6. The van der Waals surface area contributed by atoms with Gasteiger partial charge in [-0.1, -0.05) is 79.9 Å². The number of amides is 3. The van der Waals surface area contributed by atoms with E-state index in [-0.39, 0.29) is 36.9 Å². The fraction of sp³-hybridized carbons (Fsp3) is 0.472. The van der Waals surface area contributed by atoms with Crippen LogP contribution in [0.15, 0.2) is 86.0 Å².